The molecule has 37 heavy (non-hydrogen) atoms. The van der Waals surface area contributed by atoms with Gasteiger partial charge in [-0.1, -0.05) is 12.8 Å². The van der Waals surface area contributed by atoms with Crippen molar-refractivity contribution >= 4 is 29.3 Å². The molecule has 1 saturated heterocycles. The highest BCUT2D eigenvalue weighted by atomic mass is 31.2. The maximum Gasteiger partial charge on any atom is 0.419 e. The van der Waals surface area contributed by atoms with Crippen molar-refractivity contribution in [1.29, 1.82) is 0 Å². The van der Waals surface area contributed by atoms with E-state index in [1.165, 1.54) is 6.20 Å². The molecule has 2 N–H and O–H groups in total. The summed E-state index contributed by atoms with van der Waals surface area (Å²) in [6.07, 6.45) is 3.75. The quantitative estimate of drug-likeness (QED) is 0.388. The van der Waals surface area contributed by atoms with Crippen LogP contribution in [0.15, 0.2) is 24.5 Å². The van der Waals surface area contributed by atoms with Crippen LogP contribution in [0.4, 0.5) is 19.1 Å². The number of hydrogen-bond donors (Lipinski definition) is 2. The minimum absolute atomic E-state index is 0.0667. The minimum atomic E-state index is -4.63. The Bertz CT molecular complexity index is 1320. The van der Waals surface area contributed by atoms with E-state index in [0.29, 0.717) is 28.6 Å². The predicted octanol–water partition coefficient (Wildman–Crippen LogP) is 5.72. The third kappa shape index (κ3) is 5.65. The molecule has 11 heteroatoms. The van der Waals surface area contributed by atoms with Crippen LogP contribution in [-0.2, 0) is 10.7 Å². The van der Waals surface area contributed by atoms with Crippen molar-refractivity contribution in [2.75, 3.05) is 44.9 Å². The Morgan fingerprint density at radius 1 is 1.11 bits per heavy atom. The van der Waals surface area contributed by atoms with Gasteiger partial charge in [0.1, 0.15) is 18.5 Å². The van der Waals surface area contributed by atoms with Crippen molar-refractivity contribution < 1.29 is 22.5 Å². The lowest BCUT2D eigenvalue weighted by atomic mass is 10.0. The first kappa shape index (κ1) is 26.0. The number of rotatable bonds is 1. The number of hydrogen-bond acceptors (Lipinski definition) is 6. The van der Waals surface area contributed by atoms with Gasteiger partial charge in [0, 0.05) is 35.9 Å². The molecule has 3 aromatic rings. The van der Waals surface area contributed by atoms with Gasteiger partial charge in [0.05, 0.1) is 23.1 Å². The van der Waals surface area contributed by atoms with Gasteiger partial charge in [0.15, 0.2) is 0 Å². The molecular weight excluding hydrogens is 502 g/mol. The molecule has 2 atom stereocenters. The summed E-state index contributed by atoms with van der Waals surface area (Å²) in [7, 11) is -2.84. The maximum absolute atomic E-state index is 14.1. The number of piperidine rings is 1. The van der Waals surface area contributed by atoms with Crippen LogP contribution >= 0.6 is 7.14 Å². The van der Waals surface area contributed by atoms with E-state index in [-0.39, 0.29) is 23.2 Å². The molecule has 0 aliphatic carbocycles. The van der Waals surface area contributed by atoms with E-state index in [2.05, 4.69) is 25.2 Å². The Morgan fingerprint density at radius 2 is 1.89 bits per heavy atom. The van der Waals surface area contributed by atoms with Crippen LogP contribution in [0.1, 0.15) is 44.1 Å². The molecule has 3 aliphatic heterocycles. The molecule has 1 aromatic carbocycles. The Morgan fingerprint density at radius 3 is 2.68 bits per heavy atom. The van der Waals surface area contributed by atoms with Gasteiger partial charge < -0.3 is 24.5 Å². The molecule has 1 unspecified atom stereocenters. The number of aromatic nitrogens is 3. The van der Waals surface area contributed by atoms with E-state index in [9.17, 15) is 17.7 Å². The fourth-order valence-corrected chi connectivity index (χ4v) is 6.80. The number of nitrogens with one attached hydrogen (secondary N) is 2. The van der Waals surface area contributed by atoms with E-state index in [1.54, 1.807) is 25.5 Å². The summed E-state index contributed by atoms with van der Waals surface area (Å²) in [4.78, 5) is 13.9. The topological polar surface area (TPSA) is 83.1 Å². The van der Waals surface area contributed by atoms with Gasteiger partial charge in [-0.05, 0) is 64.2 Å². The lowest BCUT2D eigenvalue weighted by Gasteiger charge is -2.33. The smallest absolute Gasteiger partial charge is 0.419 e. The first-order valence-electron chi connectivity index (χ1n) is 12.9. The normalized spacial score (nSPS) is 21.6. The molecule has 0 saturated carbocycles. The van der Waals surface area contributed by atoms with Gasteiger partial charge in [-0.2, -0.15) is 13.2 Å². The van der Waals surface area contributed by atoms with Crippen molar-refractivity contribution in [2.24, 2.45) is 0 Å². The monoisotopic (exact) mass is 535 g/mol. The van der Waals surface area contributed by atoms with E-state index < -0.39 is 18.9 Å². The zero-order valence-electron chi connectivity index (χ0n) is 21.2. The van der Waals surface area contributed by atoms with Crippen LogP contribution < -0.4 is 15.4 Å². The van der Waals surface area contributed by atoms with Gasteiger partial charge in [-0.15, -0.1) is 0 Å². The third-order valence-corrected chi connectivity index (χ3v) is 8.67. The van der Waals surface area contributed by atoms with Gasteiger partial charge in [-0.3, -0.25) is 0 Å². The fourth-order valence-electron chi connectivity index (χ4n) is 5.41. The molecular formula is C26H33F3N5O2P. The zero-order chi connectivity index (χ0) is 26.2. The Kier molecular flexibility index (Phi) is 7.24. The van der Waals surface area contributed by atoms with Crippen molar-refractivity contribution in [3.05, 3.63) is 30.1 Å². The summed E-state index contributed by atoms with van der Waals surface area (Å²) >= 11 is 0. The Labute approximate surface area is 214 Å². The summed E-state index contributed by atoms with van der Waals surface area (Å²) in [5.74, 6) is 0.687. The molecule has 8 bridgehead atoms. The summed E-state index contributed by atoms with van der Waals surface area (Å²) < 4.78 is 61.6. The van der Waals surface area contributed by atoms with Crippen LogP contribution in [-0.4, -0.2) is 65.5 Å². The van der Waals surface area contributed by atoms with Crippen molar-refractivity contribution in [3.63, 3.8) is 0 Å². The molecule has 0 amide bonds. The van der Waals surface area contributed by atoms with Crippen LogP contribution in [0, 0.1) is 0 Å². The van der Waals surface area contributed by atoms with E-state index in [0.717, 1.165) is 64.4 Å². The van der Waals surface area contributed by atoms with Crippen LogP contribution in [0.3, 0.4) is 0 Å². The average Bonchev–Trinajstić information content (AvgIpc) is 3.25. The van der Waals surface area contributed by atoms with Crippen LogP contribution in [0.5, 0.6) is 5.75 Å². The Hall–Kier alpha value is -2.58. The SMILES string of the molecule is CP(C)(=O)c1c2ccc3c(c[nH]c13)-c1nc(ncc1C(F)(F)F)N[C@@H]1CCCN(CCCCCCO2)C1. The van der Waals surface area contributed by atoms with Gasteiger partial charge >= 0.3 is 6.18 Å². The molecule has 0 spiro atoms. The standard InChI is InChI=1S/C26H33F3N5O2P/c1-37(2,35)24-21-10-9-18-19(14-30-23(18)24)22-20(26(27,28)29)15-31-25(33-22)32-17-8-7-12-34(16-17)11-5-3-4-6-13-36-21/h9-10,14-15,17,30H,3-8,11-13,16H2,1-2H3,(H,31,32,33)/t17-/m1/s1. The number of aromatic amines is 1. The minimum Gasteiger partial charge on any atom is -0.493 e. The highest BCUT2D eigenvalue weighted by Gasteiger charge is 2.37. The second-order valence-corrected chi connectivity index (χ2v) is 13.5. The fraction of sp³-hybridized carbons (Fsp3) is 0.538. The molecule has 2 aromatic heterocycles. The second kappa shape index (κ2) is 10.3. The number of nitrogens with zero attached hydrogens (tertiary/aromatic N) is 3. The number of ether oxygens (including phenoxy) is 1. The summed E-state index contributed by atoms with van der Waals surface area (Å²) in [5.41, 5.74) is -0.309. The molecule has 0 radical (unpaired) electrons. The summed E-state index contributed by atoms with van der Waals surface area (Å²) in [6, 6.07) is 3.50. The first-order chi connectivity index (χ1) is 17.6. The molecule has 200 valence electrons. The third-order valence-electron chi connectivity index (χ3n) is 7.14. The van der Waals surface area contributed by atoms with Gasteiger partial charge in [-0.25, -0.2) is 9.97 Å². The number of benzene rings is 1. The molecule has 5 heterocycles. The number of anilines is 1. The lowest BCUT2D eigenvalue weighted by molar-refractivity contribution is -0.137. The van der Waals surface area contributed by atoms with Crippen LogP contribution in [0.25, 0.3) is 22.2 Å². The van der Waals surface area contributed by atoms with Gasteiger partial charge in [0.25, 0.3) is 0 Å². The van der Waals surface area contributed by atoms with Crippen molar-refractivity contribution in [2.45, 2.75) is 50.7 Å². The van der Waals surface area contributed by atoms with Gasteiger partial charge in [0.2, 0.25) is 5.95 Å². The first-order valence-corrected chi connectivity index (χ1v) is 15.5. The summed E-state index contributed by atoms with van der Waals surface area (Å²) in [5, 5.41) is 4.32. The van der Waals surface area contributed by atoms with E-state index in [1.807, 2.05) is 0 Å². The predicted molar refractivity (Wildman–Crippen MR) is 140 cm³/mol. The number of H-pyrrole nitrogens is 1. The lowest BCUT2D eigenvalue weighted by Crippen LogP contribution is -2.42. The second-order valence-electron chi connectivity index (χ2n) is 10.4. The molecule has 6 rings (SSSR count). The molecule has 7 nitrogen and oxygen atoms in total. The summed E-state index contributed by atoms with van der Waals surface area (Å²) in [6.45, 7) is 6.60. The number of fused-ring (bicyclic) bond motifs is 7. The van der Waals surface area contributed by atoms with Crippen molar-refractivity contribution in [1.82, 2.24) is 19.9 Å². The highest BCUT2D eigenvalue weighted by molar-refractivity contribution is 7.70. The van der Waals surface area contributed by atoms with Crippen molar-refractivity contribution in [3.8, 4) is 17.0 Å². The highest BCUT2D eigenvalue weighted by Crippen LogP contribution is 2.44. The molecule has 1 fully saturated rings. The average molecular weight is 536 g/mol. The largest absolute Gasteiger partial charge is 0.493 e. The van der Waals surface area contributed by atoms with E-state index in [4.69, 9.17) is 4.74 Å². The number of alkyl halides is 3. The number of halogens is 3. The maximum atomic E-state index is 14.1. The van der Waals surface area contributed by atoms with E-state index >= 15 is 0 Å². The Balaban J connectivity index is 1.65. The molecule has 3 aliphatic rings. The van der Waals surface area contributed by atoms with Crippen LogP contribution in [0.2, 0.25) is 0 Å². The zero-order valence-corrected chi connectivity index (χ0v) is 22.1.